The smallest absolute Gasteiger partial charge is 0.275 e. The SMILES string of the molecule is Cc1cc(-c2ccnc(NC(=O)C3CC3)c2)ccc1CNC(=O)c1nn(C(C)(C)C)cc1F. The lowest BCUT2D eigenvalue weighted by atomic mass is 10.0. The molecule has 0 saturated heterocycles. The monoisotopic (exact) mass is 449 g/mol. The van der Waals surface area contributed by atoms with Gasteiger partial charge in [0.2, 0.25) is 5.91 Å². The third-order valence-corrected chi connectivity index (χ3v) is 5.65. The van der Waals surface area contributed by atoms with Gasteiger partial charge < -0.3 is 10.6 Å². The first-order valence-electron chi connectivity index (χ1n) is 11.0. The van der Waals surface area contributed by atoms with Gasteiger partial charge in [0.25, 0.3) is 5.91 Å². The predicted octanol–water partition coefficient (Wildman–Crippen LogP) is 4.43. The van der Waals surface area contributed by atoms with Gasteiger partial charge in [0.15, 0.2) is 11.5 Å². The van der Waals surface area contributed by atoms with Crippen LogP contribution in [0.2, 0.25) is 0 Å². The summed E-state index contributed by atoms with van der Waals surface area (Å²) < 4.78 is 15.7. The molecule has 1 fully saturated rings. The summed E-state index contributed by atoms with van der Waals surface area (Å²) in [6.45, 7) is 7.87. The molecule has 2 amide bonds. The van der Waals surface area contributed by atoms with Gasteiger partial charge in [-0.05, 0) is 74.9 Å². The predicted molar refractivity (Wildman–Crippen MR) is 124 cm³/mol. The molecule has 0 radical (unpaired) electrons. The van der Waals surface area contributed by atoms with Gasteiger partial charge in [-0.2, -0.15) is 5.10 Å². The Bertz CT molecular complexity index is 1210. The number of aryl methyl sites for hydroxylation is 1. The van der Waals surface area contributed by atoms with E-state index in [1.165, 1.54) is 10.9 Å². The van der Waals surface area contributed by atoms with Crippen LogP contribution in [0.1, 0.15) is 55.2 Å². The minimum atomic E-state index is -0.642. The number of halogens is 1. The number of anilines is 1. The van der Waals surface area contributed by atoms with Gasteiger partial charge in [-0.15, -0.1) is 0 Å². The second-order valence-corrected chi connectivity index (χ2v) is 9.46. The zero-order valence-electron chi connectivity index (χ0n) is 19.3. The van der Waals surface area contributed by atoms with Crippen LogP contribution in [0.5, 0.6) is 0 Å². The lowest BCUT2D eigenvalue weighted by molar-refractivity contribution is -0.117. The third-order valence-electron chi connectivity index (χ3n) is 5.65. The second-order valence-electron chi connectivity index (χ2n) is 9.46. The van der Waals surface area contributed by atoms with Crippen molar-refractivity contribution in [1.82, 2.24) is 20.1 Å². The number of benzene rings is 1. The van der Waals surface area contributed by atoms with E-state index in [1.54, 1.807) is 6.20 Å². The molecular formula is C25H28FN5O2. The van der Waals surface area contributed by atoms with Crippen LogP contribution in [0, 0.1) is 18.7 Å². The van der Waals surface area contributed by atoms with E-state index in [0.29, 0.717) is 5.82 Å². The molecule has 1 aliphatic carbocycles. The molecule has 1 saturated carbocycles. The van der Waals surface area contributed by atoms with Crippen LogP contribution in [0.4, 0.5) is 10.2 Å². The molecule has 0 bridgehead atoms. The number of pyridine rings is 1. The highest BCUT2D eigenvalue weighted by atomic mass is 19.1. The number of nitrogens with one attached hydrogen (secondary N) is 2. The summed E-state index contributed by atoms with van der Waals surface area (Å²) in [6.07, 6.45) is 4.79. The molecular weight excluding hydrogens is 421 g/mol. The zero-order chi connectivity index (χ0) is 23.8. The molecule has 8 heteroatoms. The average molecular weight is 450 g/mol. The highest BCUT2D eigenvalue weighted by Crippen LogP contribution is 2.30. The summed E-state index contributed by atoms with van der Waals surface area (Å²) in [5.74, 6) is -0.524. The Labute approximate surface area is 192 Å². The largest absolute Gasteiger partial charge is 0.346 e. The van der Waals surface area contributed by atoms with E-state index in [2.05, 4.69) is 20.7 Å². The van der Waals surface area contributed by atoms with E-state index < -0.39 is 17.3 Å². The average Bonchev–Trinajstić information content (AvgIpc) is 3.53. The number of nitrogens with zero attached hydrogens (tertiary/aromatic N) is 3. The highest BCUT2D eigenvalue weighted by Gasteiger charge is 2.29. The summed E-state index contributed by atoms with van der Waals surface area (Å²) in [4.78, 5) is 28.7. The number of hydrogen-bond donors (Lipinski definition) is 2. The molecule has 7 nitrogen and oxygen atoms in total. The van der Waals surface area contributed by atoms with Gasteiger partial charge in [-0.1, -0.05) is 18.2 Å². The summed E-state index contributed by atoms with van der Waals surface area (Å²) in [5, 5.41) is 9.73. The second kappa shape index (κ2) is 8.77. The van der Waals surface area contributed by atoms with Crippen molar-refractivity contribution in [2.45, 2.75) is 52.6 Å². The number of hydrogen-bond acceptors (Lipinski definition) is 4. The van der Waals surface area contributed by atoms with Crippen molar-refractivity contribution in [2.24, 2.45) is 5.92 Å². The molecule has 2 N–H and O–H groups in total. The molecule has 2 aromatic heterocycles. The Hall–Kier alpha value is -3.55. The normalized spacial score (nSPS) is 13.6. The summed E-state index contributed by atoms with van der Waals surface area (Å²) in [6, 6.07) is 9.63. The maximum atomic E-state index is 14.2. The van der Waals surface area contributed by atoms with E-state index in [1.807, 2.05) is 58.0 Å². The lowest BCUT2D eigenvalue weighted by Crippen LogP contribution is -2.26. The first-order chi connectivity index (χ1) is 15.6. The zero-order valence-corrected chi connectivity index (χ0v) is 19.3. The molecule has 0 unspecified atom stereocenters. The van der Waals surface area contributed by atoms with Gasteiger partial charge in [-0.3, -0.25) is 14.3 Å². The van der Waals surface area contributed by atoms with Crippen molar-refractivity contribution in [3.05, 3.63) is 65.4 Å². The van der Waals surface area contributed by atoms with Crippen molar-refractivity contribution in [1.29, 1.82) is 0 Å². The molecule has 33 heavy (non-hydrogen) atoms. The summed E-state index contributed by atoms with van der Waals surface area (Å²) >= 11 is 0. The Morgan fingerprint density at radius 3 is 2.52 bits per heavy atom. The molecule has 4 rings (SSSR count). The van der Waals surface area contributed by atoms with E-state index >= 15 is 0 Å². The number of carbonyl (C=O) groups is 2. The van der Waals surface area contributed by atoms with Gasteiger partial charge in [0.1, 0.15) is 5.82 Å². The number of amides is 2. The van der Waals surface area contributed by atoms with Crippen molar-refractivity contribution in [3.8, 4) is 11.1 Å². The van der Waals surface area contributed by atoms with Crippen molar-refractivity contribution in [3.63, 3.8) is 0 Å². The molecule has 2 heterocycles. The van der Waals surface area contributed by atoms with Crippen LogP contribution in [0.15, 0.2) is 42.7 Å². The molecule has 1 aromatic carbocycles. The van der Waals surface area contributed by atoms with Crippen LogP contribution >= 0.6 is 0 Å². The van der Waals surface area contributed by atoms with Gasteiger partial charge in [0, 0.05) is 18.7 Å². The lowest BCUT2D eigenvalue weighted by Gasteiger charge is -2.18. The van der Waals surface area contributed by atoms with E-state index in [-0.39, 0.29) is 24.1 Å². The first kappa shape index (κ1) is 22.6. The fraction of sp³-hybridized carbons (Fsp3) is 0.360. The standard InChI is InChI=1S/C25H28FN5O2/c1-15-11-17(18-9-10-27-21(12-18)29-23(32)16-5-6-16)7-8-19(15)13-28-24(33)22-20(26)14-31(30-22)25(2,3)4/h7-12,14,16H,5-6,13H2,1-4H3,(H,28,33)(H,27,29,32). The summed E-state index contributed by atoms with van der Waals surface area (Å²) in [7, 11) is 0. The topological polar surface area (TPSA) is 88.9 Å². The maximum absolute atomic E-state index is 14.2. The van der Waals surface area contributed by atoms with Crippen LogP contribution in [-0.2, 0) is 16.9 Å². The highest BCUT2D eigenvalue weighted by molar-refractivity contribution is 5.94. The minimum Gasteiger partial charge on any atom is -0.346 e. The van der Waals surface area contributed by atoms with Crippen molar-refractivity contribution >= 4 is 17.6 Å². The van der Waals surface area contributed by atoms with E-state index in [0.717, 1.165) is 35.1 Å². The minimum absolute atomic E-state index is 0.0192. The van der Waals surface area contributed by atoms with Crippen molar-refractivity contribution in [2.75, 3.05) is 5.32 Å². The maximum Gasteiger partial charge on any atom is 0.275 e. The summed E-state index contributed by atoms with van der Waals surface area (Å²) in [5.41, 5.74) is 3.18. The molecule has 3 aromatic rings. The van der Waals surface area contributed by atoms with E-state index in [4.69, 9.17) is 0 Å². The third kappa shape index (κ3) is 5.27. The fourth-order valence-corrected chi connectivity index (χ4v) is 3.44. The number of rotatable bonds is 6. The van der Waals surface area contributed by atoms with Crippen molar-refractivity contribution < 1.29 is 14.0 Å². The van der Waals surface area contributed by atoms with Gasteiger partial charge in [0.05, 0.1) is 11.7 Å². The van der Waals surface area contributed by atoms with Crippen LogP contribution in [-0.4, -0.2) is 26.6 Å². The van der Waals surface area contributed by atoms with Crippen LogP contribution in [0.3, 0.4) is 0 Å². The van der Waals surface area contributed by atoms with Gasteiger partial charge >= 0.3 is 0 Å². The molecule has 0 aliphatic heterocycles. The van der Waals surface area contributed by atoms with Crippen LogP contribution in [0.25, 0.3) is 11.1 Å². The number of aromatic nitrogens is 3. The molecule has 1 aliphatic rings. The Morgan fingerprint density at radius 2 is 1.88 bits per heavy atom. The van der Waals surface area contributed by atoms with Crippen LogP contribution < -0.4 is 10.6 Å². The Balaban J connectivity index is 1.43. The quantitative estimate of drug-likeness (QED) is 0.583. The fourth-order valence-electron chi connectivity index (χ4n) is 3.44. The molecule has 0 atom stereocenters. The Morgan fingerprint density at radius 1 is 1.15 bits per heavy atom. The molecule has 0 spiro atoms. The molecule has 172 valence electrons. The van der Waals surface area contributed by atoms with Gasteiger partial charge in [-0.25, -0.2) is 9.37 Å². The Kier molecular flexibility index (Phi) is 6.01. The van der Waals surface area contributed by atoms with E-state index in [9.17, 15) is 14.0 Å². The number of carbonyl (C=O) groups excluding carboxylic acids is 2. The first-order valence-corrected chi connectivity index (χ1v) is 11.0.